The summed E-state index contributed by atoms with van der Waals surface area (Å²) in [5.74, 6) is 0.633. The zero-order valence-corrected chi connectivity index (χ0v) is 11.5. The zero-order valence-electron chi connectivity index (χ0n) is 11.5. The number of hydrogen-bond donors (Lipinski definition) is 1. The predicted octanol–water partition coefficient (Wildman–Crippen LogP) is -0.312. The van der Waals surface area contributed by atoms with Crippen LogP contribution < -0.4 is 5.32 Å². The Morgan fingerprint density at radius 3 is 2.84 bits per heavy atom. The van der Waals surface area contributed by atoms with Crippen molar-refractivity contribution in [2.45, 2.75) is 32.9 Å². The molecule has 2 amide bonds. The van der Waals surface area contributed by atoms with E-state index in [2.05, 4.69) is 15.4 Å². The Kier molecular flexibility index (Phi) is 3.82. The molecule has 0 bridgehead atoms. The predicted molar refractivity (Wildman–Crippen MR) is 67.8 cm³/mol. The first-order valence-electron chi connectivity index (χ1n) is 6.44. The molecule has 2 unspecified atom stereocenters. The van der Waals surface area contributed by atoms with Gasteiger partial charge in [0.2, 0.25) is 11.8 Å². The number of nitrogens with zero attached hydrogens (tertiary/aromatic N) is 4. The Hall–Kier alpha value is -1.92. The summed E-state index contributed by atoms with van der Waals surface area (Å²) in [7, 11) is 1.77. The van der Waals surface area contributed by atoms with Gasteiger partial charge in [-0.05, 0) is 5.92 Å². The molecule has 1 aromatic rings. The highest BCUT2D eigenvalue weighted by molar-refractivity contribution is 5.94. The van der Waals surface area contributed by atoms with Crippen molar-refractivity contribution in [1.82, 2.24) is 25.0 Å². The Balaban J connectivity index is 2.13. The lowest BCUT2D eigenvalue weighted by Gasteiger charge is -2.34. The fourth-order valence-corrected chi connectivity index (χ4v) is 2.12. The monoisotopic (exact) mass is 265 g/mol. The van der Waals surface area contributed by atoms with Gasteiger partial charge in [0.15, 0.2) is 0 Å². The van der Waals surface area contributed by atoms with Crippen LogP contribution in [0.1, 0.15) is 26.1 Å². The van der Waals surface area contributed by atoms with Gasteiger partial charge in [-0.3, -0.25) is 14.3 Å². The highest BCUT2D eigenvalue weighted by atomic mass is 16.2. The minimum absolute atomic E-state index is 0.0445. The maximum atomic E-state index is 12.4. The number of rotatable bonds is 4. The van der Waals surface area contributed by atoms with Gasteiger partial charge >= 0.3 is 0 Å². The number of hydrogen-bond acceptors (Lipinski definition) is 4. The van der Waals surface area contributed by atoms with Gasteiger partial charge in [-0.1, -0.05) is 20.3 Å². The fourth-order valence-electron chi connectivity index (χ4n) is 2.12. The van der Waals surface area contributed by atoms with Gasteiger partial charge in [0, 0.05) is 7.05 Å². The molecule has 1 fully saturated rings. The molecule has 0 saturated carbocycles. The first-order valence-corrected chi connectivity index (χ1v) is 6.44. The third-order valence-electron chi connectivity index (χ3n) is 3.58. The summed E-state index contributed by atoms with van der Waals surface area (Å²) < 4.78 is 1.61. The molecule has 0 spiro atoms. The van der Waals surface area contributed by atoms with Gasteiger partial charge in [0.1, 0.15) is 24.7 Å². The molecule has 104 valence electrons. The lowest BCUT2D eigenvalue weighted by atomic mass is 9.96. The molecule has 19 heavy (non-hydrogen) atoms. The van der Waals surface area contributed by atoms with Crippen LogP contribution in [0.25, 0.3) is 0 Å². The van der Waals surface area contributed by atoms with Crippen LogP contribution in [0.15, 0.2) is 6.33 Å². The molecular formula is C12H19N5O2. The van der Waals surface area contributed by atoms with Gasteiger partial charge < -0.3 is 10.2 Å². The molecule has 1 aromatic heterocycles. The number of aryl methyl sites for hydroxylation is 1. The minimum Gasteiger partial charge on any atom is -0.342 e. The molecule has 7 nitrogen and oxygen atoms in total. The number of piperazine rings is 1. The summed E-state index contributed by atoms with van der Waals surface area (Å²) in [4.78, 5) is 29.7. The normalized spacial score (nSPS) is 21.4. The maximum absolute atomic E-state index is 12.4. The third kappa shape index (κ3) is 2.74. The summed E-state index contributed by atoms with van der Waals surface area (Å²) in [6.07, 6.45) is 2.28. The Bertz CT molecular complexity index is 484. The van der Waals surface area contributed by atoms with Crippen LogP contribution in [0.4, 0.5) is 0 Å². The molecule has 1 saturated heterocycles. The Labute approximate surface area is 112 Å². The van der Waals surface area contributed by atoms with Crippen LogP contribution >= 0.6 is 0 Å². The van der Waals surface area contributed by atoms with Crippen LogP contribution in [-0.4, -0.2) is 44.1 Å². The standard InChI is InChI=1S/C12H19N5O2/c1-4-8(2)11-12(19)17(6-10(18)15-11)5-9-13-7-14-16(9)3/h7-8,11H,4-6H2,1-3H3,(H,15,18). The van der Waals surface area contributed by atoms with Crippen molar-refractivity contribution in [2.24, 2.45) is 13.0 Å². The summed E-state index contributed by atoms with van der Waals surface area (Å²) in [6.45, 7) is 4.37. The van der Waals surface area contributed by atoms with Crippen molar-refractivity contribution in [3.05, 3.63) is 12.2 Å². The molecule has 7 heteroatoms. The van der Waals surface area contributed by atoms with Gasteiger partial charge in [0.05, 0.1) is 6.54 Å². The van der Waals surface area contributed by atoms with E-state index in [0.717, 1.165) is 6.42 Å². The number of aromatic nitrogens is 3. The second-order valence-corrected chi connectivity index (χ2v) is 4.92. The molecular weight excluding hydrogens is 246 g/mol. The van der Waals surface area contributed by atoms with Gasteiger partial charge in [-0.25, -0.2) is 4.98 Å². The van der Waals surface area contributed by atoms with Crippen LogP contribution in [0.2, 0.25) is 0 Å². The van der Waals surface area contributed by atoms with Gasteiger partial charge in [0.25, 0.3) is 0 Å². The van der Waals surface area contributed by atoms with Crippen LogP contribution in [0.3, 0.4) is 0 Å². The van der Waals surface area contributed by atoms with E-state index in [9.17, 15) is 9.59 Å². The number of carbonyl (C=O) groups excluding carboxylic acids is 2. The topological polar surface area (TPSA) is 80.1 Å². The molecule has 2 rings (SSSR count). The van der Waals surface area contributed by atoms with Crippen molar-refractivity contribution in [3.8, 4) is 0 Å². The highest BCUT2D eigenvalue weighted by Crippen LogP contribution is 2.15. The first-order chi connectivity index (χ1) is 9.02. The van der Waals surface area contributed by atoms with Crippen molar-refractivity contribution in [1.29, 1.82) is 0 Å². The molecule has 1 aliphatic rings. The van der Waals surface area contributed by atoms with Gasteiger partial charge in [-0.2, -0.15) is 5.10 Å². The number of amides is 2. The second-order valence-electron chi connectivity index (χ2n) is 4.92. The van der Waals surface area contributed by atoms with E-state index in [1.807, 2.05) is 13.8 Å². The Morgan fingerprint density at radius 1 is 1.53 bits per heavy atom. The average Bonchev–Trinajstić information content (AvgIpc) is 2.78. The minimum atomic E-state index is -0.431. The van der Waals surface area contributed by atoms with E-state index in [0.29, 0.717) is 12.4 Å². The lowest BCUT2D eigenvalue weighted by molar-refractivity contribution is -0.146. The SMILES string of the molecule is CCC(C)C1NC(=O)CN(Cc2ncnn2C)C1=O. The third-order valence-corrected chi connectivity index (χ3v) is 3.58. The summed E-state index contributed by atoms with van der Waals surface area (Å²) in [6, 6.07) is -0.431. The van der Waals surface area contributed by atoms with Crippen LogP contribution in [-0.2, 0) is 23.2 Å². The Morgan fingerprint density at radius 2 is 2.26 bits per heavy atom. The van der Waals surface area contributed by atoms with E-state index in [4.69, 9.17) is 0 Å². The van der Waals surface area contributed by atoms with Crippen molar-refractivity contribution in [2.75, 3.05) is 6.54 Å². The maximum Gasteiger partial charge on any atom is 0.246 e. The number of nitrogens with one attached hydrogen (secondary N) is 1. The molecule has 0 radical (unpaired) electrons. The van der Waals surface area contributed by atoms with Crippen LogP contribution in [0, 0.1) is 5.92 Å². The molecule has 0 aliphatic carbocycles. The van der Waals surface area contributed by atoms with Crippen LogP contribution in [0.5, 0.6) is 0 Å². The first kappa shape index (κ1) is 13.5. The second kappa shape index (κ2) is 5.38. The quantitative estimate of drug-likeness (QED) is 0.809. The highest BCUT2D eigenvalue weighted by Gasteiger charge is 2.35. The molecule has 1 N–H and O–H groups in total. The van der Waals surface area contributed by atoms with E-state index in [-0.39, 0.29) is 24.3 Å². The largest absolute Gasteiger partial charge is 0.342 e. The average molecular weight is 265 g/mol. The summed E-state index contributed by atoms with van der Waals surface area (Å²) in [5.41, 5.74) is 0. The fraction of sp³-hybridized carbons (Fsp3) is 0.667. The zero-order chi connectivity index (χ0) is 14.0. The molecule has 2 atom stereocenters. The smallest absolute Gasteiger partial charge is 0.246 e. The van der Waals surface area contributed by atoms with E-state index in [1.54, 1.807) is 16.6 Å². The van der Waals surface area contributed by atoms with Crippen molar-refractivity contribution < 1.29 is 9.59 Å². The summed E-state index contributed by atoms with van der Waals surface area (Å²) >= 11 is 0. The van der Waals surface area contributed by atoms with Gasteiger partial charge in [-0.15, -0.1) is 0 Å². The van der Waals surface area contributed by atoms with Crippen molar-refractivity contribution in [3.63, 3.8) is 0 Å². The molecule has 2 heterocycles. The van der Waals surface area contributed by atoms with E-state index in [1.165, 1.54) is 6.33 Å². The summed E-state index contributed by atoms with van der Waals surface area (Å²) in [5, 5.41) is 6.73. The molecule has 1 aliphatic heterocycles. The molecule has 0 aromatic carbocycles. The van der Waals surface area contributed by atoms with E-state index < -0.39 is 6.04 Å². The van der Waals surface area contributed by atoms with E-state index >= 15 is 0 Å². The number of carbonyl (C=O) groups is 2. The van der Waals surface area contributed by atoms with Crippen molar-refractivity contribution >= 4 is 11.8 Å². The lowest BCUT2D eigenvalue weighted by Crippen LogP contribution is -2.59.